The molecule has 1 saturated heterocycles. The van der Waals surface area contributed by atoms with E-state index in [4.69, 9.17) is 4.74 Å². The molecule has 2 aromatic carbocycles. The van der Waals surface area contributed by atoms with Gasteiger partial charge in [0.1, 0.15) is 11.6 Å². The molecule has 1 heterocycles. The Labute approximate surface area is 195 Å². The second-order valence-electron chi connectivity index (χ2n) is 8.31. The van der Waals surface area contributed by atoms with Gasteiger partial charge >= 0.3 is 5.97 Å². The molecule has 6 nitrogen and oxygen atoms in total. The molecule has 3 rings (SSSR count). The highest BCUT2D eigenvalue weighted by molar-refractivity contribution is 6.09. The fourth-order valence-corrected chi connectivity index (χ4v) is 3.90. The van der Waals surface area contributed by atoms with Crippen LogP contribution in [0.4, 0.5) is 5.69 Å². The number of carbonyl (C=O) groups is 2. The summed E-state index contributed by atoms with van der Waals surface area (Å²) >= 11 is 0. The maximum absolute atomic E-state index is 12.8. The van der Waals surface area contributed by atoms with Crippen molar-refractivity contribution in [2.24, 2.45) is 5.92 Å². The molecule has 0 atom stereocenters. The van der Waals surface area contributed by atoms with E-state index in [0.29, 0.717) is 18.2 Å². The smallest absolute Gasteiger partial charge is 0.340 e. The number of hydrogen-bond donors (Lipinski definition) is 1. The molecular formula is C27H31N3O3. The van der Waals surface area contributed by atoms with Crippen LogP contribution in [0, 0.1) is 17.2 Å². The fraction of sp³-hybridized carbons (Fsp3) is 0.370. The predicted octanol–water partition coefficient (Wildman–Crippen LogP) is 4.94. The van der Waals surface area contributed by atoms with Gasteiger partial charge in [-0.2, -0.15) is 5.26 Å². The molecule has 0 saturated carbocycles. The van der Waals surface area contributed by atoms with Gasteiger partial charge in [0.25, 0.3) is 5.91 Å². The van der Waals surface area contributed by atoms with Crippen LogP contribution in [-0.4, -0.2) is 36.5 Å². The standard InChI is InChI=1S/C27H31N3O3/c1-2-3-17-33-27(32)24-11-7-8-12-25(24)29-26(31)23(19-28)20-30-15-13-22(14-16-30)18-21-9-5-4-6-10-21/h4-12,20,22H,2-3,13-18H2,1H3,(H,29,31)/b23-20-. The highest BCUT2D eigenvalue weighted by atomic mass is 16.5. The number of hydrogen-bond acceptors (Lipinski definition) is 5. The van der Waals surface area contributed by atoms with Crippen LogP contribution in [-0.2, 0) is 16.0 Å². The molecule has 0 spiro atoms. The molecule has 0 unspecified atom stereocenters. The third-order valence-electron chi connectivity index (χ3n) is 5.82. The topological polar surface area (TPSA) is 82.4 Å². The van der Waals surface area contributed by atoms with E-state index in [1.165, 1.54) is 5.56 Å². The number of carbonyl (C=O) groups excluding carboxylic acids is 2. The van der Waals surface area contributed by atoms with Crippen LogP contribution >= 0.6 is 0 Å². The summed E-state index contributed by atoms with van der Waals surface area (Å²) in [5, 5.41) is 12.3. The lowest BCUT2D eigenvalue weighted by atomic mass is 9.90. The first-order valence-corrected chi connectivity index (χ1v) is 11.6. The van der Waals surface area contributed by atoms with Crippen molar-refractivity contribution in [1.82, 2.24) is 4.90 Å². The molecule has 1 amide bonds. The molecule has 1 fully saturated rings. The van der Waals surface area contributed by atoms with E-state index in [9.17, 15) is 14.9 Å². The van der Waals surface area contributed by atoms with Crippen molar-refractivity contribution in [1.29, 1.82) is 5.26 Å². The van der Waals surface area contributed by atoms with Gasteiger partial charge in [-0.3, -0.25) is 4.79 Å². The maximum Gasteiger partial charge on any atom is 0.340 e. The normalized spacial score (nSPS) is 14.4. The predicted molar refractivity (Wildman–Crippen MR) is 128 cm³/mol. The first kappa shape index (κ1) is 24.1. The van der Waals surface area contributed by atoms with Gasteiger partial charge in [-0.05, 0) is 49.3 Å². The minimum Gasteiger partial charge on any atom is -0.462 e. The summed E-state index contributed by atoms with van der Waals surface area (Å²) in [5.41, 5.74) is 1.98. The van der Waals surface area contributed by atoms with Crippen LogP contribution in [0.5, 0.6) is 0 Å². The number of unbranched alkanes of at least 4 members (excludes halogenated alkanes) is 1. The summed E-state index contributed by atoms with van der Waals surface area (Å²) in [6.45, 7) is 3.96. The lowest BCUT2D eigenvalue weighted by Crippen LogP contribution is -2.31. The average molecular weight is 446 g/mol. The molecule has 0 radical (unpaired) electrons. The van der Waals surface area contributed by atoms with Gasteiger partial charge < -0.3 is 15.0 Å². The summed E-state index contributed by atoms with van der Waals surface area (Å²) in [5.74, 6) is -0.415. The van der Waals surface area contributed by atoms with Gasteiger partial charge in [0.2, 0.25) is 0 Å². The number of ether oxygens (including phenoxy) is 1. The quantitative estimate of drug-likeness (QED) is 0.256. The molecule has 1 aliphatic heterocycles. The Morgan fingerprint density at radius 2 is 1.82 bits per heavy atom. The Hall–Kier alpha value is -3.59. The molecule has 6 heteroatoms. The van der Waals surface area contributed by atoms with Crippen LogP contribution in [0.25, 0.3) is 0 Å². The van der Waals surface area contributed by atoms with Gasteiger partial charge in [0, 0.05) is 19.3 Å². The van der Waals surface area contributed by atoms with Crippen LogP contribution in [0.3, 0.4) is 0 Å². The van der Waals surface area contributed by atoms with Crippen LogP contribution < -0.4 is 5.32 Å². The number of amides is 1. The van der Waals surface area contributed by atoms with Gasteiger partial charge in [0.15, 0.2) is 0 Å². The molecule has 172 valence electrons. The highest BCUT2D eigenvalue weighted by Gasteiger charge is 2.21. The van der Waals surface area contributed by atoms with Crippen molar-refractivity contribution in [3.05, 3.63) is 77.5 Å². The number of esters is 1. The van der Waals surface area contributed by atoms with E-state index in [0.717, 1.165) is 45.2 Å². The lowest BCUT2D eigenvalue weighted by Gasteiger charge is -2.31. The summed E-state index contributed by atoms with van der Waals surface area (Å²) in [7, 11) is 0. The maximum atomic E-state index is 12.8. The number of nitrogens with one attached hydrogen (secondary N) is 1. The summed E-state index contributed by atoms with van der Waals surface area (Å²) in [6, 6.07) is 19.2. The number of anilines is 1. The second-order valence-corrected chi connectivity index (χ2v) is 8.31. The molecule has 1 N–H and O–H groups in total. The Bertz CT molecular complexity index is 1000. The molecular weight excluding hydrogens is 414 g/mol. The van der Waals surface area contributed by atoms with E-state index in [2.05, 4.69) is 29.6 Å². The monoisotopic (exact) mass is 445 g/mol. The summed E-state index contributed by atoms with van der Waals surface area (Å²) < 4.78 is 5.27. The largest absolute Gasteiger partial charge is 0.462 e. The molecule has 0 aliphatic carbocycles. The minimum absolute atomic E-state index is 0.0191. The zero-order valence-electron chi connectivity index (χ0n) is 19.1. The van der Waals surface area contributed by atoms with Crippen LogP contribution in [0.2, 0.25) is 0 Å². The van der Waals surface area contributed by atoms with E-state index in [1.807, 2.05) is 24.0 Å². The number of nitrogens with zero attached hydrogens (tertiary/aromatic N) is 2. The number of likely N-dealkylation sites (tertiary alicyclic amines) is 1. The van der Waals surface area contributed by atoms with Crippen molar-refractivity contribution < 1.29 is 14.3 Å². The van der Waals surface area contributed by atoms with Crippen molar-refractivity contribution >= 4 is 17.6 Å². The van der Waals surface area contributed by atoms with Crippen molar-refractivity contribution in [2.75, 3.05) is 25.0 Å². The molecule has 2 aromatic rings. The third-order valence-corrected chi connectivity index (χ3v) is 5.82. The SMILES string of the molecule is CCCCOC(=O)c1ccccc1NC(=O)/C(C#N)=C\N1CCC(Cc2ccccc2)CC1. The molecule has 1 aliphatic rings. The van der Waals surface area contributed by atoms with Gasteiger partial charge in [-0.25, -0.2) is 4.79 Å². The second kappa shape index (κ2) is 12.4. The van der Waals surface area contributed by atoms with Gasteiger partial charge in [0.05, 0.1) is 17.9 Å². The molecule has 0 bridgehead atoms. The van der Waals surface area contributed by atoms with E-state index < -0.39 is 11.9 Å². The van der Waals surface area contributed by atoms with Gasteiger partial charge in [-0.1, -0.05) is 55.8 Å². The number of para-hydroxylation sites is 1. The number of rotatable bonds is 9. The number of nitriles is 1. The van der Waals surface area contributed by atoms with Gasteiger partial charge in [-0.15, -0.1) is 0 Å². The number of benzene rings is 2. The minimum atomic E-state index is -0.530. The highest BCUT2D eigenvalue weighted by Crippen LogP contribution is 2.23. The molecule has 0 aromatic heterocycles. The van der Waals surface area contributed by atoms with E-state index >= 15 is 0 Å². The fourth-order valence-electron chi connectivity index (χ4n) is 3.90. The lowest BCUT2D eigenvalue weighted by molar-refractivity contribution is -0.112. The molecule has 33 heavy (non-hydrogen) atoms. The van der Waals surface area contributed by atoms with Crippen molar-refractivity contribution in [3.63, 3.8) is 0 Å². The first-order chi connectivity index (χ1) is 16.1. The van der Waals surface area contributed by atoms with E-state index in [-0.39, 0.29) is 11.1 Å². The van der Waals surface area contributed by atoms with Crippen LogP contribution in [0.1, 0.15) is 48.5 Å². The number of piperidine rings is 1. The Kier molecular flexibility index (Phi) is 9.08. The summed E-state index contributed by atoms with van der Waals surface area (Å²) in [6.07, 6.45) is 6.41. The zero-order chi connectivity index (χ0) is 23.5. The van der Waals surface area contributed by atoms with Crippen molar-refractivity contribution in [2.45, 2.75) is 39.0 Å². The Morgan fingerprint density at radius 3 is 2.52 bits per heavy atom. The average Bonchev–Trinajstić information content (AvgIpc) is 2.84. The van der Waals surface area contributed by atoms with E-state index in [1.54, 1.807) is 30.5 Å². The zero-order valence-corrected chi connectivity index (χ0v) is 19.1. The third kappa shape index (κ3) is 7.21. The van der Waals surface area contributed by atoms with Crippen LogP contribution in [0.15, 0.2) is 66.4 Å². The summed E-state index contributed by atoms with van der Waals surface area (Å²) in [4.78, 5) is 27.2. The van der Waals surface area contributed by atoms with Crippen molar-refractivity contribution in [3.8, 4) is 6.07 Å². The Morgan fingerprint density at radius 1 is 1.12 bits per heavy atom. The first-order valence-electron chi connectivity index (χ1n) is 11.6. The Balaban J connectivity index is 1.58.